The molecule has 0 radical (unpaired) electrons. The topological polar surface area (TPSA) is 63.1 Å². The number of hydrazine groups is 2. The van der Waals surface area contributed by atoms with E-state index in [0.717, 1.165) is 25.0 Å². The van der Waals surface area contributed by atoms with Gasteiger partial charge in [0.2, 0.25) is 0 Å². The van der Waals surface area contributed by atoms with Crippen LogP contribution in [0.2, 0.25) is 0 Å². The molecule has 4 atom stereocenters. The number of aliphatic hydroxyl groups is 1. The molecular weight excluding hydrogens is 347 g/mol. The average molecular weight is 371 g/mol. The molecule has 0 amide bonds. The lowest BCUT2D eigenvalue weighted by atomic mass is 9.92. The Morgan fingerprint density at radius 3 is 2.69 bits per heavy atom. The van der Waals surface area contributed by atoms with Crippen LogP contribution in [0.15, 0.2) is 29.3 Å². The van der Waals surface area contributed by atoms with Crippen molar-refractivity contribution in [2.24, 2.45) is 10.9 Å². The smallest absolute Gasteiger partial charge is 0.373 e. The second kappa shape index (κ2) is 7.15. The zero-order valence-corrected chi connectivity index (χ0v) is 15.0. The minimum atomic E-state index is -4.44. The number of fused-ring (bicyclic) bond motifs is 1. The molecule has 1 aromatic rings. The molecule has 0 bridgehead atoms. The SMILES string of the molecule is CC1C2CCC(NNC(O)c3cccc(C(F)(F)F)c3)=NC2N(C)N1C. The number of aliphatic hydroxyl groups excluding tert-OH is 1. The third-order valence-electron chi connectivity index (χ3n) is 5.36. The van der Waals surface area contributed by atoms with Crippen molar-refractivity contribution in [1.29, 1.82) is 0 Å². The molecule has 4 unspecified atom stereocenters. The Kier molecular flexibility index (Phi) is 5.25. The van der Waals surface area contributed by atoms with E-state index in [1.807, 2.05) is 14.1 Å². The van der Waals surface area contributed by atoms with Crippen LogP contribution in [0.1, 0.15) is 37.1 Å². The van der Waals surface area contributed by atoms with Crippen molar-refractivity contribution in [2.45, 2.75) is 44.4 Å². The summed E-state index contributed by atoms with van der Waals surface area (Å²) in [6.07, 6.45) is -4.02. The Morgan fingerprint density at radius 1 is 1.27 bits per heavy atom. The number of rotatable bonds is 3. The first kappa shape index (κ1) is 19.1. The Balaban J connectivity index is 1.64. The molecule has 2 heterocycles. The minimum absolute atomic E-state index is 0.0266. The van der Waals surface area contributed by atoms with Crippen molar-refractivity contribution in [2.75, 3.05) is 14.1 Å². The Hall–Kier alpha value is -1.68. The predicted octanol–water partition coefficient (Wildman–Crippen LogP) is 2.11. The number of alkyl halides is 3. The summed E-state index contributed by atoms with van der Waals surface area (Å²) in [6.45, 7) is 2.17. The summed E-state index contributed by atoms with van der Waals surface area (Å²) < 4.78 is 38.4. The number of benzene rings is 1. The predicted molar refractivity (Wildman–Crippen MR) is 91.6 cm³/mol. The van der Waals surface area contributed by atoms with E-state index in [-0.39, 0.29) is 11.7 Å². The largest absolute Gasteiger partial charge is 0.416 e. The molecule has 1 fully saturated rings. The quantitative estimate of drug-likeness (QED) is 0.561. The van der Waals surface area contributed by atoms with E-state index < -0.39 is 18.0 Å². The van der Waals surface area contributed by atoms with Gasteiger partial charge in [-0.2, -0.15) is 13.2 Å². The molecule has 0 spiro atoms. The lowest BCUT2D eigenvalue weighted by Gasteiger charge is -2.28. The molecule has 144 valence electrons. The van der Waals surface area contributed by atoms with Gasteiger partial charge in [-0.3, -0.25) is 4.99 Å². The first-order chi connectivity index (χ1) is 12.2. The summed E-state index contributed by atoms with van der Waals surface area (Å²) >= 11 is 0. The van der Waals surface area contributed by atoms with Crippen molar-refractivity contribution in [3.63, 3.8) is 0 Å². The maximum atomic E-state index is 12.8. The highest BCUT2D eigenvalue weighted by Gasteiger charge is 2.43. The molecule has 6 nitrogen and oxygen atoms in total. The molecule has 2 aliphatic heterocycles. The summed E-state index contributed by atoms with van der Waals surface area (Å²) in [6, 6.07) is 5.02. The molecule has 3 rings (SSSR count). The lowest BCUT2D eigenvalue weighted by Crippen LogP contribution is -2.44. The molecule has 26 heavy (non-hydrogen) atoms. The number of hydrogen-bond acceptors (Lipinski definition) is 6. The van der Waals surface area contributed by atoms with E-state index in [0.29, 0.717) is 17.8 Å². The van der Waals surface area contributed by atoms with Crippen LogP contribution in [0, 0.1) is 5.92 Å². The zero-order valence-electron chi connectivity index (χ0n) is 15.0. The van der Waals surface area contributed by atoms with Crippen LogP contribution in [-0.2, 0) is 6.18 Å². The van der Waals surface area contributed by atoms with Crippen LogP contribution < -0.4 is 10.9 Å². The van der Waals surface area contributed by atoms with Crippen LogP contribution in [0.4, 0.5) is 13.2 Å². The lowest BCUT2D eigenvalue weighted by molar-refractivity contribution is -0.137. The monoisotopic (exact) mass is 371 g/mol. The third kappa shape index (κ3) is 3.71. The van der Waals surface area contributed by atoms with Crippen molar-refractivity contribution in [1.82, 2.24) is 20.9 Å². The van der Waals surface area contributed by atoms with E-state index >= 15 is 0 Å². The van der Waals surface area contributed by atoms with E-state index in [9.17, 15) is 18.3 Å². The van der Waals surface area contributed by atoms with Crippen LogP contribution in [0.25, 0.3) is 0 Å². The van der Waals surface area contributed by atoms with E-state index in [1.54, 1.807) is 0 Å². The van der Waals surface area contributed by atoms with Crippen molar-refractivity contribution in [3.8, 4) is 0 Å². The molecule has 3 N–H and O–H groups in total. The van der Waals surface area contributed by atoms with Gasteiger partial charge in [-0.05, 0) is 31.0 Å². The summed E-state index contributed by atoms with van der Waals surface area (Å²) in [5.74, 6) is 1.12. The van der Waals surface area contributed by atoms with Crippen molar-refractivity contribution in [3.05, 3.63) is 35.4 Å². The normalized spacial score (nSPS) is 28.6. The highest BCUT2D eigenvalue weighted by molar-refractivity contribution is 5.82. The fraction of sp³-hybridized carbons (Fsp3) is 0.588. The van der Waals surface area contributed by atoms with Gasteiger partial charge in [0.1, 0.15) is 18.2 Å². The average Bonchev–Trinajstić information content (AvgIpc) is 2.83. The van der Waals surface area contributed by atoms with E-state index in [2.05, 4.69) is 32.8 Å². The molecule has 0 aromatic heterocycles. The van der Waals surface area contributed by atoms with E-state index in [4.69, 9.17) is 0 Å². The van der Waals surface area contributed by atoms with Gasteiger partial charge >= 0.3 is 6.18 Å². The van der Waals surface area contributed by atoms with Crippen molar-refractivity contribution >= 4 is 5.84 Å². The Labute approximate surface area is 150 Å². The van der Waals surface area contributed by atoms with E-state index in [1.165, 1.54) is 12.1 Å². The fourth-order valence-corrected chi connectivity index (χ4v) is 3.59. The van der Waals surface area contributed by atoms with Crippen LogP contribution in [0.5, 0.6) is 0 Å². The number of amidine groups is 1. The second-order valence-corrected chi connectivity index (χ2v) is 6.87. The second-order valence-electron chi connectivity index (χ2n) is 6.87. The number of nitrogens with zero attached hydrogens (tertiary/aromatic N) is 3. The Morgan fingerprint density at radius 2 is 2.00 bits per heavy atom. The molecule has 2 aliphatic rings. The van der Waals surface area contributed by atoms with Gasteiger partial charge in [-0.1, -0.05) is 12.1 Å². The van der Waals surface area contributed by atoms with Gasteiger partial charge in [0.25, 0.3) is 0 Å². The standard InChI is InChI=1S/C17H24F3N5O/c1-10-13-7-8-14(21-15(13)25(3)24(10)2)22-23-16(26)11-5-4-6-12(9-11)17(18,19)20/h4-6,9-10,13,15-16,23,26H,7-8H2,1-3H3,(H,21,22). The first-order valence-electron chi connectivity index (χ1n) is 8.57. The minimum Gasteiger partial charge on any atom is -0.373 e. The molecule has 0 saturated carbocycles. The highest BCUT2D eigenvalue weighted by Crippen LogP contribution is 2.35. The number of halogens is 3. The number of nitrogens with one attached hydrogen (secondary N) is 2. The first-order valence-corrected chi connectivity index (χ1v) is 8.57. The summed E-state index contributed by atoms with van der Waals surface area (Å²) in [5.41, 5.74) is 4.84. The highest BCUT2D eigenvalue weighted by atomic mass is 19.4. The van der Waals surface area contributed by atoms with Gasteiger partial charge in [0.05, 0.1) is 5.56 Å². The molecule has 1 saturated heterocycles. The molecule has 9 heteroatoms. The van der Waals surface area contributed by atoms with Crippen LogP contribution in [-0.4, -0.2) is 47.3 Å². The van der Waals surface area contributed by atoms with Crippen molar-refractivity contribution < 1.29 is 18.3 Å². The maximum absolute atomic E-state index is 12.8. The number of hydrogen-bond donors (Lipinski definition) is 3. The Bertz CT molecular complexity index is 681. The van der Waals surface area contributed by atoms with Gasteiger partial charge in [-0.25, -0.2) is 15.4 Å². The summed E-state index contributed by atoms with van der Waals surface area (Å²) in [4.78, 5) is 4.68. The van der Waals surface area contributed by atoms with Crippen LogP contribution >= 0.6 is 0 Å². The van der Waals surface area contributed by atoms with Crippen LogP contribution in [0.3, 0.4) is 0 Å². The van der Waals surface area contributed by atoms with Gasteiger partial charge < -0.3 is 10.5 Å². The zero-order chi connectivity index (χ0) is 19.1. The maximum Gasteiger partial charge on any atom is 0.416 e. The molecule has 0 aliphatic carbocycles. The fourth-order valence-electron chi connectivity index (χ4n) is 3.59. The molecule has 1 aromatic carbocycles. The number of aliphatic imine (C=N–C) groups is 1. The third-order valence-corrected chi connectivity index (χ3v) is 5.36. The summed E-state index contributed by atoms with van der Waals surface area (Å²) in [5, 5.41) is 14.4. The van der Waals surface area contributed by atoms with Gasteiger partial charge in [0, 0.05) is 32.5 Å². The molecular formula is C17H24F3N5O. The summed E-state index contributed by atoms with van der Waals surface area (Å²) in [7, 11) is 4.01. The van der Waals surface area contributed by atoms with Gasteiger partial charge in [-0.15, -0.1) is 0 Å². The van der Waals surface area contributed by atoms with Gasteiger partial charge in [0.15, 0.2) is 0 Å².